The zero-order chi connectivity index (χ0) is 11.1. The third-order valence-electron chi connectivity index (χ3n) is 3.07. The number of nitrogens with zero attached hydrogens (tertiary/aromatic N) is 3. The minimum atomic E-state index is 1.18. The number of hydrogen-bond donors (Lipinski definition) is 0. The number of hydrogen-bond acceptors (Lipinski definition) is 1. The highest BCUT2D eigenvalue weighted by Crippen LogP contribution is 2.26. The molecule has 3 aromatic rings. The third kappa shape index (κ3) is 1.11. The normalized spacial score (nSPS) is 11.1. The van der Waals surface area contributed by atoms with Gasteiger partial charge >= 0.3 is 0 Å². The first kappa shape index (κ1) is 9.21. The summed E-state index contributed by atoms with van der Waals surface area (Å²) in [5.74, 6) is 1.18. The predicted molar refractivity (Wildman–Crippen MR) is 64.8 cm³/mol. The Bertz CT molecular complexity index is 594. The Morgan fingerprint density at radius 2 is 2.00 bits per heavy atom. The van der Waals surface area contributed by atoms with Crippen molar-refractivity contribution >= 4 is 10.9 Å². The smallest absolute Gasteiger partial charge is 0.121 e. The lowest BCUT2D eigenvalue weighted by Crippen LogP contribution is -2.00. The van der Waals surface area contributed by atoms with Crippen molar-refractivity contribution in [1.82, 2.24) is 14.1 Å². The van der Waals surface area contributed by atoms with E-state index >= 15 is 0 Å². The second-order valence-electron chi connectivity index (χ2n) is 3.99. The molecule has 0 aliphatic rings. The highest BCUT2D eigenvalue weighted by Gasteiger charge is 2.11. The Labute approximate surface area is 94.0 Å². The van der Waals surface area contributed by atoms with Crippen molar-refractivity contribution in [3.05, 3.63) is 48.5 Å². The van der Waals surface area contributed by atoms with Crippen LogP contribution in [0.25, 0.3) is 16.7 Å². The van der Waals surface area contributed by atoms with Crippen molar-refractivity contribution < 1.29 is 0 Å². The Morgan fingerprint density at radius 3 is 2.69 bits per heavy atom. The van der Waals surface area contributed by atoms with E-state index in [0.29, 0.717) is 0 Å². The molecule has 0 saturated heterocycles. The first-order valence-corrected chi connectivity index (χ1v) is 5.31. The highest BCUT2D eigenvalue weighted by molar-refractivity contribution is 5.87. The third-order valence-corrected chi connectivity index (χ3v) is 3.07. The molecule has 16 heavy (non-hydrogen) atoms. The fourth-order valence-corrected chi connectivity index (χ4v) is 2.32. The molecule has 0 unspecified atom stereocenters. The first-order valence-electron chi connectivity index (χ1n) is 5.31. The van der Waals surface area contributed by atoms with E-state index in [0.717, 1.165) is 0 Å². The summed E-state index contributed by atoms with van der Waals surface area (Å²) >= 11 is 0. The predicted octanol–water partition coefficient (Wildman–Crippen LogP) is 2.67. The number of rotatable bonds is 1. The zero-order valence-corrected chi connectivity index (χ0v) is 9.38. The van der Waals surface area contributed by atoms with Gasteiger partial charge in [0.15, 0.2) is 0 Å². The van der Waals surface area contributed by atoms with Crippen molar-refractivity contribution in [2.24, 2.45) is 7.05 Å². The van der Waals surface area contributed by atoms with Gasteiger partial charge in [0.05, 0.1) is 0 Å². The quantitative estimate of drug-likeness (QED) is 0.606. The van der Waals surface area contributed by atoms with Crippen molar-refractivity contribution in [3.8, 4) is 5.82 Å². The molecule has 0 fully saturated rings. The van der Waals surface area contributed by atoms with Crippen LogP contribution < -0.4 is 0 Å². The van der Waals surface area contributed by atoms with Gasteiger partial charge in [-0.3, -0.25) is 4.57 Å². The van der Waals surface area contributed by atoms with E-state index in [2.05, 4.69) is 52.4 Å². The van der Waals surface area contributed by atoms with Gasteiger partial charge in [-0.25, -0.2) is 4.98 Å². The molecular formula is C13H13N3. The fraction of sp³-hybridized carbons (Fsp3) is 0.154. The number of aromatic nitrogens is 3. The van der Waals surface area contributed by atoms with Crippen molar-refractivity contribution in [2.45, 2.75) is 6.92 Å². The molecule has 0 aliphatic heterocycles. The second kappa shape index (κ2) is 3.23. The van der Waals surface area contributed by atoms with Crippen molar-refractivity contribution in [2.75, 3.05) is 0 Å². The average Bonchev–Trinajstić information content (AvgIpc) is 2.89. The molecule has 0 atom stereocenters. The maximum atomic E-state index is 4.10. The summed E-state index contributed by atoms with van der Waals surface area (Å²) in [6.45, 7) is 2.15. The lowest BCUT2D eigenvalue weighted by Gasteiger charge is -2.05. The van der Waals surface area contributed by atoms with Gasteiger partial charge in [-0.05, 0) is 18.6 Å². The lowest BCUT2D eigenvalue weighted by atomic mass is 10.2. The summed E-state index contributed by atoms with van der Waals surface area (Å²) < 4.78 is 4.25. The Kier molecular flexibility index (Phi) is 1.86. The molecule has 0 aliphatic carbocycles. The summed E-state index contributed by atoms with van der Waals surface area (Å²) in [6.07, 6.45) is 5.61. The molecule has 0 radical (unpaired) electrons. The van der Waals surface area contributed by atoms with E-state index in [1.54, 1.807) is 6.20 Å². The number of benzene rings is 1. The van der Waals surface area contributed by atoms with Crippen LogP contribution >= 0.6 is 0 Å². The molecular weight excluding hydrogens is 198 g/mol. The first-order chi connectivity index (χ1) is 7.79. The molecule has 80 valence electrons. The van der Waals surface area contributed by atoms with Crippen LogP contribution in [0.1, 0.15) is 5.56 Å². The van der Waals surface area contributed by atoms with Crippen LogP contribution in [0.2, 0.25) is 0 Å². The highest BCUT2D eigenvalue weighted by atomic mass is 15.2. The molecule has 0 bridgehead atoms. The van der Waals surface area contributed by atoms with Gasteiger partial charge in [0.1, 0.15) is 12.1 Å². The molecule has 1 aromatic carbocycles. The summed E-state index contributed by atoms with van der Waals surface area (Å²) in [4.78, 5) is 4.10. The SMILES string of the molecule is Cc1c(-n2ccnc2)n(C)c2ccccc12. The molecule has 0 amide bonds. The van der Waals surface area contributed by atoms with E-state index < -0.39 is 0 Å². The summed E-state index contributed by atoms with van der Waals surface area (Å²) in [7, 11) is 2.09. The van der Waals surface area contributed by atoms with E-state index in [-0.39, 0.29) is 0 Å². The topological polar surface area (TPSA) is 22.8 Å². The minimum Gasteiger partial charge on any atom is -0.330 e. The van der Waals surface area contributed by atoms with Gasteiger partial charge < -0.3 is 4.57 Å². The molecule has 3 nitrogen and oxygen atoms in total. The van der Waals surface area contributed by atoms with Crippen LogP contribution in [-0.2, 0) is 7.05 Å². The summed E-state index contributed by atoms with van der Waals surface area (Å²) in [6, 6.07) is 8.44. The van der Waals surface area contributed by atoms with Crippen LogP contribution in [0.3, 0.4) is 0 Å². The van der Waals surface area contributed by atoms with E-state index in [9.17, 15) is 0 Å². The van der Waals surface area contributed by atoms with Crippen LogP contribution in [0.5, 0.6) is 0 Å². The summed E-state index contributed by atoms with van der Waals surface area (Å²) in [5, 5.41) is 1.30. The molecule has 3 heteroatoms. The van der Waals surface area contributed by atoms with Crippen LogP contribution in [0, 0.1) is 6.92 Å². The Hall–Kier alpha value is -2.03. The van der Waals surface area contributed by atoms with E-state index in [1.807, 2.05) is 12.5 Å². The number of aryl methyl sites for hydroxylation is 2. The Balaban J connectivity index is 2.42. The molecule has 0 saturated carbocycles. The number of para-hydroxylation sites is 1. The van der Waals surface area contributed by atoms with Gasteiger partial charge in [-0.1, -0.05) is 18.2 Å². The molecule has 2 heterocycles. The fourth-order valence-electron chi connectivity index (χ4n) is 2.32. The van der Waals surface area contributed by atoms with Gasteiger partial charge in [0.2, 0.25) is 0 Å². The van der Waals surface area contributed by atoms with Gasteiger partial charge in [0, 0.05) is 30.3 Å². The number of imidazole rings is 1. The monoisotopic (exact) mass is 211 g/mol. The van der Waals surface area contributed by atoms with Crippen molar-refractivity contribution in [1.29, 1.82) is 0 Å². The number of fused-ring (bicyclic) bond motifs is 1. The molecule has 0 N–H and O–H groups in total. The average molecular weight is 211 g/mol. The van der Waals surface area contributed by atoms with Crippen LogP contribution in [-0.4, -0.2) is 14.1 Å². The van der Waals surface area contributed by atoms with Crippen LogP contribution in [0.15, 0.2) is 43.0 Å². The van der Waals surface area contributed by atoms with E-state index in [1.165, 1.54) is 22.3 Å². The zero-order valence-electron chi connectivity index (χ0n) is 9.38. The summed E-state index contributed by atoms with van der Waals surface area (Å²) in [5.41, 5.74) is 2.54. The van der Waals surface area contributed by atoms with Gasteiger partial charge in [0.25, 0.3) is 0 Å². The van der Waals surface area contributed by atoms with Crippen LogP contribution in [0.4, 0.5) is 0 Å². The van der Waals surface area contributed by atoms with Crippen molar-refractivity contribution in [3.63, 3.8) is 0 Å². The standard InChI is InChI=1S/C13H13N3/c1-10-11-5-3-4-6-12(11)15(2)13(10)16-8-7-14-9-16/h3-9H,1-2H3. The Morgan fingerprint density at radius 1 is 1.19 bits per heavy atom. The molecule has 2 aromatic heterocycles. The lowest BCUT2D eigenvalue weighted by molar-refractivity contribution is 0.860. The van der Waals surface area contributed by atoms with Gasteiger partial charge in [-0.15, -0.1) is 0 Å². The molecule has 0 spiro atoms. The van der Waals surface area contributed by atoms with Gasteiger partial charge in [-0.2, -0.15) is 0 Å². The second-order valence-corrected chi connectivity index (χ2v) is 3.99. The maximum Gasteiger partial charge on any atom is 0.121 e. The largest absolute Gasteiger partial charge is 0.330 e. The molecule has 3 rings (SSSR count). The maximum absolute atomic E-state index is 4.10. The minimum absolute atomic E-state index is 1.18. The van der Waals surface area contributed by atoms with E-state index in [4.69, 9.17) is 0 Å².